The number of ether oxygens (including phenoxy) is 1. The Morgan fingerprint density at radius 3 is 2.58 bits per heavy atom. The molecule has 5 rings (SSSR count). The zero-order chi connectivity index (χ0) is 21.2. The van der Waals surface area contributed by atoms with Gasteiger partial charge >= 0.3 is 0 Å². The number of hydrogen-bond acceptors (Lipinski definition) is 6. The van der Waals surface area contributed by atoms with Crippen LogP contribution in [0.1, 0.15) is 44.1 Å². The molecule has 1 amide bonds. The van der Waals surface area contributed by atoms with Gasteiger partial charge in [0, 0.05) is 24.4 Å². The van der Waals surface area contributed by atoms with E-state index in [9.17, 15) is 4.79 Å². The first kappa shape index (κ1) is 20.1. The van der Waals surface area contributed by atoms with E-state index in [4.69, 9.17) is 14.7 Å². The monoisotopic (exact) mass is 419 g/mol. The number of aromatic nitrogens is 2. The molecular weight excluding hydrogens is 390 g/mol. The number of methoxy groups -OCH3 is 1. The van der Waals surface area contributed by atoms with Crippen LogP contribution < -0.4 is 15.0 Å². The summed E-state index contributed by atoms with van der Waals surface area (Å²) in [6, 6.07) is 3.88. The molecule has 1 N–H and O–H groups in total. The molecule has 3 heterocycles. The Hall–Kier alpha value is -2.85. The lowest BCUT2D eigenvalue weighted by atomic mass is 10.1. The maximum absolute atomic E-state index is 12.5. The second-order valence-corrected chi connectivity index (χ2v) is 8.68. The Labute approximate surface area is 183 Å². The normalized spacial score (nSPS) is 18.8. The van der Waals surface area contributed by atoms with Gasteiger partial charge in [-0.15, -0.1) is 0 Å². The van der Waals surface area contributed by atoms with Crippen molar-refractivity contribution in [2.45, 2.75) is 38.5 Å². The third-order valence-electron chi connectivity index (χ3n) is 6.31. The number of nitrogens with zero attached hydrogens (tertiary/aromatic N) is 4. The minimum atomic E-state index is 0.0424. The Kier molecular flexibility index (Phi) is 5.65. The van der Waals surface area contributed by atoms with Gasteiger partial charge in [-0.25, -0.2) is 4.98 Å². The molecule has 162 valence electrons. The lowest BCUT2D eigenvalue weighted by Crippen LogP contribution is -2.22. The number of carbonyl (C=O) groups is 1. The van der Waals surface area contributed by atoms with Crippen LogP contribution in [-0.4, -0.2) is 60.6 Å². The van der Waals surface area contributed by atoms with Gasteiger partial charge in [0.05, 0.1) is 24.7 Å². The van der Waals surface area contributed by atoms with E-state index in [1.54, 1.807) is 7.11 Å². The molecule has 7 nitrogen and oxygen atoms in total. The Bertz CT molecular complexity index is 1040. The Morgan fingerprint density at radius 2 is 1.87 bits per heavy atom. The van der Waals surface area contributed by atoms with Crippen LogP contribution in [0, 0.1) is 17.8 Å². The first-order valence-corrected chi connectivity index (χ1v) is 11.4. The molecule has 0 atom stereocenters. The summed E-state index contributed by atoms with van der Waals surface area (Å²) >= 11 is 0. The molecule has 2 aliphatic heterocycles. The fraction of sp³-hybridized carbons (Fsp3) is 0.542. The number of amides is 1. The zero-order valence-electron chi connectivity index (χ0n) is 18.1. The highest BCUT2D eigenvalue weighted by molar-refractivity contribution is 6.02. The average Bonchev–Trinajstić information content (AvgIpc) is 3.24. The molecule has 1 saturated carbocycles. The van der Waals surface area contributed by atoms with E-state index in [1.807, 2.05) is 12.1 Å². The lowest BCUT2D eigenvalue weighted by molar-refractivity contribution is -0.117. The minimum Gasteiger partial charge on any atom is -0.495 e. The largest absolute Gasteiger partial charge is 0.495 e. The summed E-state index contributed by atoms with van der Waals surface area (Å²) in [4.78, 5) is 26.6. The van der Waals surface area contributed by atoms with E-state index < -0.39 is 0 Å². The number of carbonyl (C=O) groups excluding carboxylic acids is 1. The smallest absolute Gasteiger partial charge is 0.228 e. The molecule has 7 heteroatoms. The van der Waals surface area contributed by atoms with Gasteiger partial charge in [0.15, 0.2) is 0 Å². The first-order valence-electron chi connectivity index (χ1n) is 11.4. The van der Waals surface area contributed by atoms with Crippen LogP contribution >= 0.6 is 0 Å². The van der Waals surface area contributed by atoms with Crippen molar-refractivity contribution in [3.05, 3.63) is 17.7 Å². The van der Waals surface area contributed by atoms with Crippen molar-refractivity contribution < 1.29 is 9.53 Å². The summed E-state index contributed by atoms with van der Waals surface area (Å²) in [7, 11) is 1.65. The van der Waals surface area contributed by atoms with Gasteiger partial charge in [-0.1, -0.05) is 11.8 Å². The van der Waals surface area contributed by atoms with Crippen molar-refractivity contribution in [3.63, 3.8) is 0 Å². The van der Waals surface area contributed by atoms with Crippen molar-refractivity contribution in [1.29, 1.82) is 0 Å². The predicted octanol–water partition coefficient (Wildman–Crippen LogP) is 3.03. The number of rotatable bonds is 5. The van der Waals surface area contributed by atoms with Crippen LogP contribution in [-0.2, 0) is 4.79 Å². The molecule has 1 aromatic heterocycles. The average molecular weight is 420 g/mol. The molecule has 2 aromatic rings. The summed E-state index contributed by atoms with van der Waals surface area (Å²) < 4.78 is 5.63. The van der Waals surface area contributed by atoms with E-state index in [0.29, 0.717) is 17.5 Å². The molecule has 31 heavy (non-hydrogen) atoms. The zero-order valence-corrected chi connectivity index (χ0v) is 18.1. The lowest BCUT2D eigenvalue weighted by Gasteiger charge is -2.18. The maximum Gasteiger partial charge on any atom is 0.228 e. The third-order valence-corrected chi connectivity index (χ3v) is 6.31. The molecular formula is C24H29N5O2. The van der Waals surface area contributed by atoms with Crippen molar-refractivity contribution >= 4 is 28.6 Å². The van der Waals surface area contributed by atoms with E-state index in [0.717, 1.165) is 74.9 Å². The summed E-state index contributed by atoms with van der Waals surface area (Å²) in [5.74, 6) is 8.66. The van der Waals surface area contributed by atoms with Crippen molar-refractivity contribution in [3.8, 4) is 17.6 Å². The van der Waals surface area contributed by atoms with Gasteiger partial charge < -0.3 is 15.0 Å². The van der Waals surface area contributed by atoms with E-state index in [2.05, 4.69) is 27.0 Å². The fourth-order valence-corrected chi connectivity index (χ4v) is 4.32. The molecule has 2 saturated heterocycles. The number of nitrogens with one attached hydrogen (secondary N) is 1. The molecule has 0 radical (unpaired) electrons. The third kappa shape index (κ3) is 4.45. The molecule has 1 aromatic carbocycles. The van der Waals surface area contributed by atoms with Crippen LogP contribution in [0.4, 0.5) is 11.8 Å². The van der Waals surface area contributed by atoms with E-state index >= 15 is 0 Å². The van der Waals surface area contributed by atoms with Gasteiger partial charge in [-0.05, 0) is 63.7 Å². The first-order chi connectivity index (χ1) is 15.2. The molecule has 0 spiro atoms. The SMILES string of the molecule is COc1cc2c(NC(=O)C3CC3)nc(N3CCCC3)nc2cc1C#CCN1CCCC1. The Balaban J connectivity index is 1.52. The molecule has 1 aliphatic carbocycles. The van der Waals surface area contributed by atoms with Crippen LogP contribution in [0.3, 0.4) is 0 Å². The van der Waals surface area contributed by atoms with Gasteiger partial charge in [-0.3, -0.25) is 9.69 Å². The second-order valence-electron chi connectivity index (χ2n) is 8.68. The van der Waals surface area contributed by atoms with E-state index in [1.165, 1.54) is 12.8 Å². The number of anilines is 2. The van der Waals surface area contributed by atoms with Crippen molar-refractivity contribution in [2.24, 2.45) is 5.92 Å². The highest BCUT2D eigenvalue weighted by atomic mass is 16.5. The van der Waals surface area contributed by atoms with Crippen LogP contribution in [0.25, 0.3) is 10.9 Å². The molecule has 3 fully saturated rings. The highest BCUT2D eigenvalue weighted by Crippen LogP contribution is 2.34. The van der Waals surface area contributed by atoms with Gasteiger partial charge in [-0.2, -0.15) is 4.98 Å². The van der Waals surface area contributed by atoms with Crippen molar-refractivity contribution in [1.82, 2.24) is 14.9 Å². The van der Waals surface area contributed by atoms with Crippen LogP contribution in [0.2, 0.25) is 0 Å². The standard InChI is InChI=1S/C24H29N5O2/c1-31-21-16-19-20(15-18(21)7-6-12-28-10-2-3-11-28)25-24(29-13-4-5-14-29)27-22(19)26-23(30)17-8-9-17/h15-17H,2-5,8-14H2,1H3,(H,25,26,27,30). The number of fused-ring (bicyclic) bond motifs is 1. The number of benzene rings is 1. The summed E-state index contributed by atoms with van der Waals surface area (Å²) in [5.41, 5.74) is 1.61. The van der Waals surface area contributed by atoms with Crippen LogP contribution in [0.15, 0.2) is 12.1 Å². The van der Waals surface area contributed by atoms with Gasteiger partial charge in [0.2, 0.25) is 11.9 Å². The topological polar surface area (TPSA) is 70.6 Å². The minimum absolute atomic E-state index is 0.0424. The van der Waals surface area contributed by atoms with E-state index in [-0.39, 0.29) is 11.8 Å². The molecule has 0 unspecified atom stereocenters. The summed E-state index contributed by atoms with van der Waals surface area (Å²) in [6.45, 7) is 4.91. The predicted molar refractivity (Wildman–Crippen MR) is 121 cm³/mol. The van der Waals surface area contributed by atoms with Gasteiger partial charge in [0.25, 0.3) is 0 Å². The van der Waals surface area contributed by atoms with Crippen molar-refractivity contribution in [2.75, 3.05) is 50.1 Å². The fourth-order valence-electron chi connectivity index (χ4n) is 4.32. The molecule has 0 bridgehead atoms. The second kappa shape index (κ2) is 8.72. The quantitative estimate of drug-likeness (QED) is 0.752. The Morgan fingerprint density at radius 1 is 1.13 bits per heavy atom. The number of likely N-dealkylation sites (tertiary alicyclic amines) is 1. The van der Waals surface area contributed by atoms with Gasteiger partial charge in [0.1, 0.15) is 11.6 Å². The highest BCUT2D eigenvalue weighted by Gasteiger charge is 2.30. The summed E-state index contributed by atoms with van der Waals surface area (Å²) in [5, 5.41) is 3.84. The van der Waals surface area contributed by atoms with Crippen LogP contribution in [0.5, 0.6) is 5.75 Å². The maximum atomic E-state index is 12.5. The summed E-state index contributed by atoms with van der Waals surface area (Å²) in [6.07, 6.45) is 6.70. The molecule has 3 aliphatic rings. The number of hydrogen-bond donors (Lipinski definition) is 1.